The van der Waals surface area contributed by atoms with Crippen LogP contribution in [0.4, 0.5) is 10.5 Å². The predicted octanol–water partition coefficient (Wildman–Crippen LogP) is 6.90. The van der Waals surface area contributed by atoms with Crippen LogP contribution in [0.2, 0.25) is 15.1 Å². The Balaban J connectivity index is 1.90. The van der Waals surface area contributed by atoms with Crippen LogP contribution in [0.15, 0.2) is 22.7 Å². The molecule has 0 N–H and O–H groups in total. The number of carbonyl (C=O) groups excluding carboxylic acids is 1. The van der Waals surface area contributed by atoms with Gasteiger partial charge in [-0.2, -0.15) is 0 Å². The van der Waals surface area contributed by atoms with Crippen LogP contribution in [0, 0.1) is 0 Å². The van der Waals surface area contributed by atoms with Gasteiger partial charge in [-0.1, -0.05) is 78.2 Å². The molecule has 0 saturated carbocycles. The number of rotatable bonds is 3. The van der Waals surface area contributed by atoms with Crippen LogP contribution < -0.4 is 9.64 Å². The third kappa shape index (κ3) is 3.71. The first-order chi connectivity index (χ1) is 13.6. The first-order valence-electron chi connectivity index (χ1n) is 10.7. The summed E-state index contributed by atoms with van der Waals surface area (Å²) in [5, 5.41) is 0.0230. The number of amides is 1. The molecule has 5 nitrogen and oxygen atoms in total. The van der Waals surface area contributed by atoms with Crippen molar-refractivity contribution < 1.29 is 18.7 Å². The standard InChI is InChI=1S/C23H36BrNO4Si/c1-21(2,3)30(22(4,5)6,23(7,8)9)28-14-19-17-13-27-18-12-15(24)10-11-16(18)25(17)20(26)29-19/h10-12,17,19H,13-14H2,1-9H3/t17-,19-/m0/s1. The summed E-state index contributed by atoms with van der Waals surface area (Å²) in [6, 6.07) is 5.52. The summed E-state index contributed by atoms with van der Waals surface area (Å²) in [6.45, 7) is 21.4. The molecular formula is C23H36BrNO4Si. The van der Waals surface area contributed by atoms with Gasteiger partial charge in [-0.15, -0.1) is 0 Å². The number of nitrogens with zero attached hydrogens (tertiary/aromatic N) is 1. The fourth-order valence-corrected chi connectivity index (χ4v) is 15.2. The normalized spacial score (nSPS) is 22.3. The van der Waals surface area contributed by atoms with Crippen molar-refractivity contribution in [2.75, 3.05) is 18.1 Å². The van der Waals surface area contributed by atoms with Gasteiger partial charge in [0.15, 0.2) is 0 Å². The van der Waals surface area contributed by atoms with Crippen molar-refractivity contribution >= 4 is 36.0 Å². The molecule has 2 atom stereocenters. The smallest absolute Gasteiger partial charge is 0.415 e. The topological polar surface area (TPSA) is 48.0 Å². The third-order valence-corrected chi connectivity index (χ3v) is 13.9. The number of halogens is 1. The fourth-order valence-electron chi connectivity index (χ4n) is 6.38. The second-order valence-corrected chi connectivity index (χ2v) is 18.6. The Morgan fingerprint density at radius 1 is 1.07 bits per heavy atom. The molecule has 0 radical (unpaired) electrons. The van der Waals surface area contributed by atoms with E-state index in [1.54, 1.807) is 4.90 Å². The van der Waals surface area contributed by atoms with Gasteiger partial charge in [-0.3, -0.25) is 4.90 Å². The molecule has 0 bridgehead atoms. The molecule has 1 aromatic carbocycles. The lowest BCUT2D eigenvalue weighted by Crippen LogP contribution is -2.62. The number of cyclic esters (lactones) is 1. The van der Waals surface area contributed by atoms with Crippen molar-refractivity contribution in [3.8, 4) is 5.75 Å². The molecule has 1 fully saturated rings. The number of carbonyl (C=O) groups is 1. The summed E-state index contributed by atoms with van der Waals surface area (Å²) in [6.07, 6.45) is -0.678. The molecule has 0 aromatic heterocycles. The SMILES string of the molecule is CC(C)(C)[Si](OC[C@@H]1OC(=O)N2c3ccc(Br)cc3OC[C@@H]12)(C(C)(C)C)C(C)(C)C. The summed E-state index contributed by atoms with van der Waals surface area (Å²) < 4.78 is 19.7. The minimum absolute atomic E-state index is 0.00768. The van der Waals surface area contributed by atoms with E-state index in [2.05, 4.69) is 78.2 Å². The number of anilines is 1. The van der Waals surface area contributed by atoms with Gasteiger partial charge in [-0.25, -0.2) is 4.79 Å². The molecule has 1 aromatic rings. The van der Waals surface area contributed by atoms with Crippen LogP contribution in [-0.4, -0.2) is 39.8 Å². The molecule has 1 saturated heterocycles. The number of ether oxygens (including phenoxy) is 2. The molecule has 2 heterocycles. The van der Waals surface area contributed by atoms with Gasteiger partial charge in [0.05, 0.1) is 12.3 Å². The highest BCUT2D eigenvalue weighted by molar-refractivity contribution is 9.10. The van der Waals surface area contributed by atoms with Gasteiger partial charge in [0, 0.05) is 4.47 Å². The van der Waals surface area contributed by atoms with Crippen LogP contribution in [0.1, 0.15) is 62.3 Å². The van der Waals surface area contributed by atoms with Crippen molar-refractivity contribution in [3.05, 3.63) is 22.7 Å². The van der Waals surface area contributed by atoms with Crippen LogP contribution in [0.5, 0.6) is 5.75 Å². The van der Waals surface area contributed by atoms with Crippen molar-refractivity contribution in [1.29, 1.82) is 0 Å². The molecule has 30 heavy (non-hydrogen) atoms. The first-order valence-corrected chi connectivity index (χ1v) is 13.4. The lowest BCUT2D eigenvalue weighted by Gasteiger charge is -2.58. The molecule has 2 aliphatic rings. The number of hydrogen-bond acceptors (Lipinski definition) is 4. The minimum Gasteiger partial charge on any atom is -0.489 e. The van der Waals surface area contributed by atoms with Crippen molar-refractivity contribution in [2.45, 2.75) is 89.6 Å². The Bertz CT molecular complexity index is 786. The zero-order valence-corrected chi connectivity index (χ0v) is 22.3. The van der Waals surface area contributed by atoms with E-state index in [9.17, 15) is 4.79 Å². The van der Waals surface area contributed by atoms with Crippen molar-refractivity contribution in [2.24, 2.45) is 0 Å². The Hall–Kier alpha value is -1.05. The maximum Gasteiger partial charge on any atom is 0.415 e. The Kier molecular flexibility index (Phi) is 5.92. The minimum atomic E-state index is -2.38. The maximum absolute atomic E-state index is 12.8. The van der Waals surface area contributed by atoms with E-state index in [0.29, 0.717) is 19.0 Å². The molecule has 1 amide bonds. The van der Waals surface area contributed by atoms with E-state index in [0.717, 1.165) is 10.2 Å². The Morgan fingerprint density at radius 2 is 1.63 bits per heavy atom. The third-order valence-electron chi connectivity index (χ3n) is 6.43. The van der Waals surface area contributed by atoms with Crippen LogP contribution in [0.3, 0.4) is 0 Å². The fraction of sp³-hybridized carbons (Fsp3) is 0.696. The molecule has 2 aliphatic heterocycles. The summed E-state index contributed by atoms with van der Waals surface area (Å²) in [7, 11) is -2.38. The molecule has 0 unspecified atom stereocenters. The van der Waals surface area contributed by atoms with Crippen LogP contribution in [-0.2, 0) is 9.16 Å². The zero-order chi connectivity index (χ0) is 22.7. The van der Waals surface area contributed by atoms with E-state index in [-0.39, 0.29) is 33.4 Å². The van der Waals surface area contributed by atoms with E-state index in [1.807, 2.05) is 18.2 Å². The quantitative estimate of drug-likeness (QED) is 0.426. The van der Waals surface area contributed by atoms with E-state index in [1.165, 1.54) is 0 Å². The highest BCUT2D eigenvalue weighted by Crippen LogP contribution is 2.62. The summed E-state index contributed by atoms with van der Waals surface area (Å²) in [5.41, 5.74) is 0.757. The lowest BCUT2D eigenvalue weighted by atomic mass is 10.1. The first kappa shape index (κ1) is 23.6. The molecule has 7 heteroatoms. The average molecular weight is 499 g/mol. The average Bonchev–Trinajstić information content (AvgIpc) is 2.87. The Morgan fingerprint density at radius 3 is 2.17 bits per heavy atom. The highest BCUT2D eigenvalue weighted by atomic mass is 79.9. The molecular weight excluding hydrogens is 462 g/mol. The maximum atomic E-state index is 12.8. The second kappa shape index (κ2) is 7.52. The zero-order valence-electron chi connectivity index (χ0n) is 19.8. The van der Waals surface area contributed by atoms with Gasteiger partial charge in [0.1, 0.15) is 24.5 Å². The molecule has 3 rings (SSSR count). The summed E-state index contributed by atoms with van der Waals surface area (Å²) in [4.78, 5) is 14.5. The predicted molar refractivity (Wildman–Crippen MR) is 127 cm³/mol. The molecule has 0 aliphatic carbocycles. The van der Waals surface area contributed by atoms with Gasteiger partial charge in [0.25, 0.3) is 0 Å². The van der Waals surface area contributed by atoms with Gasteiger partial charge < -0.3 is 13.9 Å². The Labute approximate surface area is 190 Å². The highest BCUT2D eigenvalue weighted by Gasteiger charge is 2.62. The van der Waals surface area contributed by atoms with E-state index < -0.39 is 8.32 Å². The number of benzene rings is 1. The lowest BCUT2D eigenvalue weighted by molar-refractivity contribution is 0.0699. The van der Waals surface area contributed by atoms with Crippen molar-refractivity contribution in [1.82, 2.24) is 0 Å². The summed E-state index contributed by atoms with van der Waals surface area (Å²) in [5.74, 6) is 0.696. The number of hydrogen-bond donors (Lipinski definition) is 0. The monoisotopic (exact) mass is 497 g/mol. The largest absolute Gasteiger partial charge is 0.489 e. The van der Waals surface area contributed by atoms with Crippen molar-refractivity contribution in [3.63, 3.8) is 0 Å². The van der Waals surface area contributed by atoms with Gasteiger partial charge >= 0.3 is 6.09 Å². The van der Waals surface area contributed by atoms with E-state index in [4.69, 9.17) is 13.9 Å². The van der Waals surface area contributed by atoms with Gasteiger partial charge in [-0.05, 0) is 33.3 Å². The van der Waals surface area contributed by atoms with Crippen LogP contribution in [0.25, 0.3) is 0 Å². The van der Waals surface area contributed by atoms with E-state index >= 15 is 0 Å². The van der Waals surface area contributed by atoms with Gasteiger partial charge in [0.2, 0.25) is 8.32 Å². The van der Waals surface area contributed by atoms with Crippen LogP contribution >= 0.6 is 15.9 Å². The number of fused-ring (bicyclic) bond motifs is 3. The molecule has 168 valence electrons. The summed E-state index contributed by atoms with van der Waals surface area (Å²) >= 11 is 3.46. The molecule has 0 spiro atoms. The second-order valence-electron chi connectivity index (χ2n) is 11.5.